The van der Waals surface area contributed by atoms with Crippen LogP contribution in [0.25, 0.3) is 0 Å². The van der Waals surface area contributed by atoms with Crippen molar-refractivity contribution in [3.05, 3.63) is 97.2 Å². The number of esters is 2. The molecule has 58 heavy (non-hydrogen) atoms. The monoisotopic (exact) mass is 805 g/mol. The number of aliphatic hydroxyl groups is 1. The normalized spacial score (nSPS) is 13.1. The largest absolute Gasteiger partial charge is 0.462 e. The summed E-state index contributed by atoms with van der Waals surface area (Å²) in [5.41, 5.74) is 0. The molecule has 0 fully saturated rings. The van der Waals surface area contributed by atoms with Crippen molar-refractivity contribution in [3.63, 3.8) is 0 Å². The van der Waals surface area contributed by atoms with E-state index in [2.05, 4.69) is 111 Å². The Balaban J connectivity index is 3.53. The maximum Gasteiger partial charge on any atom is 0.306 e. The zero-order valence-electron chi connectivity index (χ0n) is 37.5. The van der Waals surface area contributed by atoms with E-state index in [9.17, 15) is 14.7 Å². The van der Waals surface area contributed by atoms with Crippen molar-refractivity contribution < 1.29 is 24.2 Å². The fraction of sp³-hybridized carbons (Fsp3) is 0.660. The Bertz CT molecular complexity index is 1140. The predicted molar refractivity (Wildman–Crippen MR) is 251 cm³/mol. The van der Waals surface area contributed by atoms with Gasteiger partial charge in [0.25, 0.3) is 0 Å². The number of ether oxygens (including phenoxy) is 2. The molecule has 330 valence electrons. The van der Waals surface area contributed by atoms with Gasteiger partial charge in [-0.2, -0.15) is 0 Å². The molecule has 1 N–H and O–H groups in total. The third-order valence-corrected chi connectivity index (χ3v) is 9.87. The van der Waals surface area contributed by atoms with Crippen molar-refractivity contribution in [2.75, 3.05) is 13.2 Å². The van der Waals surface area contributed by atoms with Gasteiger partial charge < -0.3 is 14.6 Å². The summed E-state index contributed by atoms with van der Waals surface area (Å²) in [6.07, 6.45) is 67.9. The molecule has 0 aromatic carbocycles. The van der Waals surface area contributed by atoms with Crippen LogP contribution in [0.2, 0.25) is 0 Å². The van der Waals surface area contributed by atoms with Gasteiger partial charge in [0.1, 0.15) is 6.61 Å². The number of hydrogen-bond donors (Lipinski definition) is 1. The second-order valence-corrected chi connectivity index (χ2v) is 15.4. The number of rotatable bonds is 42. The highest BCUT2D eigenvalue weighted by Gasteiger charge is 2.16. The minimum absolute atomic E-state index is 0.0911. The molecule has 0 radical (unpaired) electrons. The van der Waals surface area contributed by atoms with E-state index in [0.29, 0.717) is 12.8 Å². The molecule has 0 saturated carbocycles. The van der Waals surface area contributed by atoms with Gasteiger partial charge in [-0.15, -0.1) is 0 Å². The molecule has 0 aromatic heterocycles. The summed E-state index contributed by atoms with van der Waals surface area (Å²) in [6.45, 7) is 3.87. The minimum atomic E-state index is -0.793. The van der Waals surface area contributed by atoms with E-state index in [4.69, 9.17) is 9.47 Å². The number of carbonyl (C=O) groups excluding carboxylic acids is 2. The van der Waals surface area contributed by atoms with Gasteiger partial charge in [-0.25, -0.2) is 0 Å². The molecule has 5 nitrogen and oxygen atoms in total. The molecule has 1 atom stereocenters. The summed E-state index contributed by atoms with van der Waals surface area (Å²) in [5, 5.41) is 9.59. The first-order chi connectivity index (χ1) is 28.6. The van der Waals surface area contributed by atoms with Crippen molar-refractivity contribution >= 4 is 11.9 Å². The van der Waals surface area contributed by atoms with Crippen molar-refractivity contribution in [2.24, 2.45) is 0 Å². The second-order valence-electron chi connectivity index (χ2n) is 15.4. The molecular weight excluding hydrogens is 717 g/mol. The molecule has 0 aromatic rings. The van der Waals surface area contributed by atoms with Gasteiger partial charge in [0.2, 0.25) is 0 Å². The van der Waals surface area contributed by atoms with Crippen LogP contribution in [0.1, 0.15) is 206 Å². The van der Waals surface area contributed by atoms with Crippen molar-refractivity contribution in [2.45, 2.75) is 213 Å². The van der Waals surface area contributed by atoms with E-state index in [0.717, 1.165) is 89.9 Å². The summed E-state index contributed by atoms with van der Waals surface area (Å²) in [5.74, 6) is -0.642. The van der Waals surface area contributed by atoms with Crippen molar-refractivity contribution in [1.29, 1.82) is 0 Å². The summed E-state index contributed by atoms with van der Waals surface area (Å²) >= 11 is 0. The molecule has 5 heteroatoms. The van der Waals surface area contributed by atoms with Crippen LogP contribution in [0.3, 0.4) is 0 Å². The predicted octanol–water partition coefficient (Wildman–Crippen LogP) is 15.6. The molecule has 0 saturated heterocycles. The van der Waals surface area contributed by atoms with Gasteiger partial charge in [-0.3, -0.25) is 9.59 Å². The Morgan fingerprint density at radius 2 is 0.690 bits per heavy atom. The smallest absolute Gasteiger partial charge is 0.306 e. The van der Waals surface area contributed by atoms with Crippen LogP contribution < -0.4 is 0 Å². The van der Waals surface area contributed by atoms with Crippen LogP contribution in [0.15, 0.2) is 97.2 Å². The van der Waals surface area contributed by atoms with E-state index in [1.807, 2.05) is 0 Å². The average Bonchev–Trinajstić information content (AvgIpc) is 3.23. The lowest BCUT2D eigenvalue weighted by atomic mass is 10.0. The molecule has 0 aliphatic carbocycles. The van der Waals surface area contributed by atoms with Crippen LogP contribution in [-0.4, -0.2) is 36.4 Å². The first kappa shape index (κ1) is 54.8. The van der Waals surface area contributed by atoms with Gasteiger partial charge in [0.05, 0.1) is 6.61 Å². The molecule has 0 bridgehead atoms. The number of hydrogen-bond acceptors (Lipinski definition) is 5. The first-order valence-electron chi connectivity index (χ1n) is 23.8. The van der Waals surface area contributed by atoms with Crippen LogP contribution >= 0.6 is 0 Å². The van der Waals surface area contributed by atoms with Crippen LogP contribution in [0.5, 0.6) is 0 Å². The molecular formula is C53H88O5. The lowest BCUT2D eigenvalue weighted by Crippen LogP contribution is -2.28. The standard InChI is InChI=1S/C53H88O5/c1-3-5-7-9-11-13-15-17-19-20-21-22-23-24-25-26-27-28-29-30-31-32-34-36-38-40-42-44-46-48-53(56)58-51(49-54)50-57-52(55)47-45-43-41-39-37-35-33-18-16-14-12-10-8-6-4-2/h5-8,11-14,17-19,21-22,33,37,39,51,54H,3-4,9-10,15-16,20,23-32,34-36,38,40-50H2,1-2H3/b7-5-,8-6-,13-11-,14-12-,19-17-,22-21-,33-18-,39-37-. The Hall–Kier alpha value is -3.18. The molecule has 0 spiro atoms. The van der Waals surface area contributed by atoms with Crippen LogP contribution in [0.4, 0.5) is 0 Å². The Labute approximate surface area is 358 Å². The topological polar surface area (TPSA) is 72.8 Å². The maximum absolute atomic E-state index is 12.2. The Morgan fingerprint density at radius 1 is 0.397 bits per heavy atom. The van der Waals surface area contributed by atoms with Gasteiger partial charge >= 0.3 is 11.9 Å². The molecule has 0 heterocycles. The summed E-state index contributed by atoms with van der Waals surface area (Å²) < 4.78 is 10.6. The number of aliphatic hydroxyl groups excluding tert-OH is 1. The molecule has 0 aliphatic rings. The van der Waals surface area contributed by atoms with Gasteiger partial charge in [-0.1, -0.05) is 201 Å². The quantitative estimate of drug-likeness (QED) is 0.0378. The van der Waals surface area contributed by atoms with E-state index < -0.39 is 6.10 Å². The van der Waals surface area contributed by atoms with Gasteiger partial charge in [0.15, 0.2) is 6.10 Å². The lowest BCUT2D eigenvalue weighted by Gasteiger charge is -2.15. The minimum Gasteiger partial charge on any atom is -0.462 e. The van der Waals surface area contributed by atoms with E-state index >= 15 is 0 Å². The third-order valence-electron chi connectivity index (χ3n) is 9.87. The van der Waals surface area contributed by atoms with Gasteiger partial charge in [-0.05, 0) is 89.9 Å². The third kappa shape index (κ3) is 45.5. The van der Waals surface area contributed by atoms with E-state index in [-0.39, 0.29) is 25.2 Å². The molecule has 1 unspecified atom stereocenters. The zero-order chi connectivity index (χ0) is 42.1. The van der Waals surface area contributed by atoms with E-state index in [1.165, 1.54) is 89.9 Å². The highest BCUT2D eigenvalue weighted by atomic mass is 16.6. The Kier molecular flexibility index (Phi) is 45.5. The summed E-state index contributed by atoms with van der Waals surface area (Å²) in [4.78, 5) is 24.4. The van der Waals surface area contributed by atoms with Gasteiger partial charge in [0, 0.05) is 12.8 Å². The maximum atomic E-state index is 12.2. The average molecular weight is 805 g/mol. The van der Waals surface area contributed by atoms with Crippen LogP contribution in [0, 0.1) is 0 Å². The number of allylic oxidation sites excluding steroid dienone is 16. The highest BCUT2D eigenvalue weighted by molar-refractivity contribution is 5.70. The summed E-state index contributed by atoms with van der Waals surface area (Å²) in [6, 6.07) is 0. The van der Waals surface area contributed by atoms with Crippen molar-refractivity contribution in [1.82, 2.24) is 0 Å². The fourth-order valence-electron chi connectivity index (χ4n) is 6.36. The van der Waals surface area contributed by atoms with E-state index in [1.54, 1.807) is 0 Å². The number of unbranched alkanes of at least 4 members (excludes halogenated alkanes) is 18. The van der Waals surface area contributed by atoms with Crippen molar-refractivity contribution in [3.8, 4) is 0 Å². The number of carbonyl (C=O) groups is 2. The Morgan fingerprint density at radius 3 is 1.07 bits per heavy atom. The second kappa shape index (κ2) is 48.2. The molecule has 0 aliphatic heterocycles. The van der Waals surface area contributed by atoms with Crippen LogP contribution in [-0.2, 0) is 19.1 Å². The zero-order valence-corrected chi connectivity index (χ0v) is 37.5. The summed E-state index contributed by atoms with van der Waals surface area (Å²) in [7, 11) is 0. The highest BCUT2D eigenvalue weighted by Crippen LogP contribution is 2.15. The SMILES string of the molecule is CC/C=C\C/C=C\C/C=C\C/C=C\CCCCCCCCCCCCCCCCCCC(=O)OC(CO)COC(=O)CCCC/C=C\C/C=C\C/C=C\C/C=C\CC. The fourth-order valence-corrected chi connectivity index (χ4v) is 6.36. The lowest BCUT2D eigenvalue weighted by molar-refractivity contribution is -0.161. The first-order valence-corrected chi connectivity index (χ1v) is 23.8. The molecule has 0 rings (SSSR count). The molecule has 0 amide bonds.